The molecule has 1 saturated heterocycles. The predicted molar refractivity (Wildman–Crippen MR) is 76.6 cm³/mol. The Balaban J connectivity index is 1.84. The molecule has 1 aliphatic rings. The molecule has 1 heterocycles. The van der Waals surface area contributed by atoms with Crippen LogP contribution in [0.3, 0.4) is 0 Å². The van der Waals surface area contributed by atoms with E-state index in [2.05, 4.69) is 5.32 Å². The summed E-state index contributed by atoms with van der Waals surface area (Å²) in [6.07, 6.45) is 0.484. The molecule has 1 atom stereocenters. The maximum Gasteiger partial charge on any atom is 0.258 e. The van der Waals surface area contributed by atoms with Gasteiger partial charge in [-0.1, -0.05) is 17.7 Å². The molecule has 0 spiro atoms. The summed E-state index contributed by atoms with van der Waals surface area (Å²) in [6.45, 7) is 3.81. The van der Waals surface area contributed by atoms with Gasteiger partial charge in [0.25, 0.3) is 5.91 Å². The molecular weight excluding hydrogens is 278 g/mol. The van der Waals surface area contributed by atoms with E-state index in [9.17, 15) is 13.2 Å². The molecule has 0 radical (unpaired) electrons. The van der Waals surface area contributed by atoms with Gasteiger partial charge in [-0.05, 0) is 31.9 Å². The van der Waals surface area contributed by atoms with E-state index in [1.807, 2.05) is 32.0 Å². The van der Waals surface area contributed by atoms with E-state index in [1.165, 1.54) is 0 Å². The number of rotatable bonds is 4. The van der Waals surface area contributed by atoms with Crippen LogP contribution in [0.2, 0.25) is 0 Å². The summed E-state index contributed by atoms with van der Waals surface area (Å²) in [7, 11) is -2.98. The number of carbonyl (C=O) groups is 1. The molecular formula is C14H19NO4S. The van der Waals surface area contributed by atoms with E-state index >= 15 is 0 Å². The minimum Gasteiger partial charge on any atom is -0.484 e. The Morgan fingerprint density at radius 3 is 2.75 bits per heavy atom. The second-order valence-corrected chi connectivity index (χ2v) is 7.45. The van der Waals surface area contributed by atoms with Crippen molar-refractivity contribution in [1.29, 1.82) is 0 Å². The predicted octanol–water partition coefficient (Wildman–Crippen LogP) is 0.986. The van der Waals surface area contributed by atoms with Gasteiger partial charge in [-0.15, -0.1) is 0 Å². The number of aryl methyl sites for hydroxylation is 2. The number of ether oxygens (including phenoxy) is 1. The first-order valence-electron chi connectivity index (χ1n) is 6.55. The van der Waals surface area contributed by atoms with Crippen LogP contribution in [0.4, 0.5) is 0 Å². The zero-order valence-electron chi connectivity index (χ0n) is 11.7. The molecule has 110 valence electrons. The van der Waals surface area contributed by atoms with Crippen LogP contribution >= 0.6 is 0 Å². The molecule has 5 nitrogen and oxygen atoms in total. The van der Waals surface area contributed by atoms with Crippen LogP contribution in [0.25, 0.3) is 0 Å². The average Bonchev–Trinajstić information content (AvgIpc) is 2.67. The lowest BCUT2D eigenvalue weighted by atomic mass is 10.1. The summed E-state index contributed by atoms with van der Waals surface area (Å²) in [5.41, 5.74) is 2.11. The third-order valence-corrected chi connectivity index (χ3v) is 5.05. The van der Waals surface area contributed by atoms with Gasteiger partial charge in [0.2, 0.25) is 0 Å². The van der Waals surface area contributed by atoms with Crippen molar-refractivity contribution in [2.45, 2.75) is 26.3 Å². The molecule has 1 N–H and O–H groups in total. The monoisotopic (exact) mass is 297 g/mol. The Morgan fingerprint density at radius 2 is 2.15 bits per heavy atom. The molecule has 0 bridgehead atoms. The Labute approximate surface area is 119 Å². The fourth-order valence-corrected chi connectivity index (χ4v) is 3.96. The molecule has 1 aromatic rings. The van der Waals surface area contributed by atoms with Crippen molar-refractivity contribution in [2.24, 2.45) is 0 Å². The maximum absolute atomic E-state index is 11.7. The van der Waals surface area contributed by atoms with Crippen molar-refractivity contribution >= 4 is 15.7 Å². The molecule has 0 aliphatic carbocycles. The highest BCUT2D eigenvalue weighted by molar-refractivity contribution is 7.91. The highest BCUT2D eigenvalue weighted by atomic mass is 32.2. The summed E-state index contributed by atoms with van der Waals surface area (Å²) < 4.78 is 28.0. The number of carbonyl (C=O) groups excluding carboxylic acids is 1. The molecule has 0 saturated carbocycles. The minimum atomic E-state index is -2.98. The van der Waals surface area contributed by atoms with Gasteiger partial charge in [0.1, 0.15) is 5.75 Å². The van der Waals surface area contributed by atoms with Gasteiger partial charge < -0.3 is 10.1 Å². The van der Waals surface area contributed by atoms with Gasteiger partial charge in [0.05, 0.1) is 11.5 Å². The lowest BCUT2D eigenvalue weighted by Gasteiger charge is -2.13. The van der Waals surface area contributed by atoms with E-state index in [-0.39, 0.29) is 30.1 Å². The van der Waals surface area contributed by atoms with E-state index < -0.39 is 9.84 Å². The summed E-state index contributed by atoms with van der Waals surface area (Å²) >= 11 is 0. The van der Waals surface area contributed by atoms with Crippen molar-refractivity contribution in [2.75, 3.05) is 18.1 Å². The third-order valence-electron chi connectivity index (χ3n) is 3.29. The van der Waals surface area contributed by atoms with Gasteiger partial charge >= 0.3 is 0 Å². The van der Waals surface area contributed by atoms with Gasteiger partial charge in [-0.3, -0.25) is 4.79 Å². The number of benzene rings is 1. The highest BCUT2D eigenvalue weighted by Crippen LogP contribution is 2.18. The van der Waals surface area contributed by atoms with E-state index in [0.717, 1.165) is 11.1 Å². The number of nitrogens with one attached hydrogen (secondary N) is 1. The quantitative estimate of drug-likeness (QED) is 0.899. The molecule has 0 unspecified atom stereocenters. The van der Waals surface area contributed by atoms with E-state index in [1.54, 1.807) is 0 Å². The van der Waals surface area contributed by atoms with Gasteiger partial charge in [0, 0.05) is 6.04 Å². The summed E-state index contributed by atoms with van der Waals surface area (Å²) in [4.78, 5) is 11.7. The van der Waals surface area contributed by atoms with Crippen LogP contribution in [0.5, 0.6) is 5.75 Å². The minimum absolute atomic E-state index is 0.0301. The summed E-state index contributed by atoms with van der Waals surface area (Å²) in [5, 5.41) is 2.69. The highest BCUT2D eigenvalue weighted by Gasteiger charge is 2.28. The van der Waals surface area contributed by atoms with Gasteiger partial charge in [-0.2, -0.15) is 0 Å². The van der Waals surface area contributed by atoms with Crippen molar-refractivity contribution in [3.8, 4) is 5.75 Å². The molecule has 1 amide bonds. The first kappa shape index (κ1) is 14.8. The van der Waals surface area contributed by atoms with E-state index in [0.29, 0.717) is 12.2 Å². The molecule has 6 heteroatoms. The molecule has 1 fully saturated rings. The topological polar surface area (TPSA) is 72.5 Å². The van der Waals surface area contributed by atoms with Crippen molar-refractivity contribution in [3.05, 3.63) is 29.3 Å². The van der Waals surface area contributed by atoms with Crippen molar-refractivity contribution in [1.82, 2.24) is 5.32 Å². The average molecular weight is 297 g/mol. The smallest absolute Gasteiger partial charge is 0.258 e. The largest absolute Gasteiger partial charge is 0.484 e. The zero-order valence-corrected chi connectivity index (χ0v) is 12.5. The SMILES string of the molecule is Cc1ccc(OCC(=O)N[C@H]2CCS(=O)(=O)C2)c(C)c1. The molecule has 20 heavy (non-hydrogen) atoms. The fraction of sp³-hybridized carbons (Fsp3) is 0.500. The van der Waals surface area contributed by atoms with Crippen LogP contribution in [0.15, 0.2) is 18.2 Å². The maximum atomic E-state index is 11.7. The second-order valence-electron chi connectivity index (χ2n) is 5.23. The first-order chi connectivity index (χ1) is 9.35. The van der Waals surface area contributed by atoms with Crippen LogP contribution in [0.1, 0.15) is 17.5 Å². The van der Waals surface area contributed by atoms with Gasteiger partial charge in [0.15, 0.2) is 16.4 Å². The van der Waals surface area contributed by atoms with Crippen LogP contribution in [-0.2, 0) is 14.6 Å². The summed E-state index contributed by atoms with van der Waals surface area (Å²) in [5.74, 6) is 0.565. The van der Waals surface area contributed by atoms with Gasteiger partial charge in [-0.25, -0.2) is 8.42 Å². The van der Waals surface area contributed by atoms with Crippen LogP contribution in [0, 0.1) is 13.8 Å². The third kappa shape index (κ3) is 3.96. The standard InChI is InChI=1S/C14H19NO4S/c1-10-3-4-13(11(2)7-10)19-8-14(16)15-12-5-6-20(17,18)9-12/h3-4,7,12H,5-6,8-9H2,1-2H3,(H,15,16)/t12-/m0/s1. The molecule has 0 aromatic heterocycles. The Hall–Kier alpha value is -1.56. The lowest BCUT2D eigenvalue weighted by Crippen LogP contribution is -2.38. The number of hydrogen-bond acceptors (Lipinski definition) is 4. The summed E-state index contributed by atoms with van der Waals surface area (Å²) in [6, 6.07) is 5.45. The van der Waals surface area contributed by atoms with Crippen molar-refractivity contribution in [3.63, 3.8) is 0 Å². The fourth-order valence-electron chi connectivity index (χ4n) is 2.28. The number of sulfone groups is 1. The van der Waals surface area contributed by atoms with E-state index in [4.69, 9.17) is 4.74 Å². The Bertz CT molecular complexity index is 610. The zero-order chi connectivity index (χ0) is 14.8. The van der Waals surface area contributed by atoms with Crippen LogP contribution in [-0.4, -0.2) is 38.5 Å². The lowest BCUT2D eigenvalue weighted by molar-refractivity contribution is -0.123. The number of hydrogen-bond donors (Lipinski definition) is 1. The van der Waals surface area contributed by atoms with Crippen molar-refractivity contribution < 1.29 is 17.9 Å². The second kappa shape index (κ2) is 5.83. The number of amides is 1. The normalized spacial score (nSPS) is 20.6. The van der Waals surface area contributed by atoms with Crippen LogP contribution < -0.4 is 10.1 Å². The molecule has 1 aliphatic heterocycles. The molecule has 2 rings (SSSR count). The Kier molecular flexibility index (Phi) is 4.32. The Morgan fingerprint density at radius 1 is 1.40 bits per heavy atom. The first-order valence-corrected chi connectivity index (χ1v) is 8.38. The molecule has 1 aromatic carbocycles.